The van der Waals surface area contributed by atoms with Crippen molar-refractivity contribution in [3.8, 4) is 11.5 Å². The van der Waals surface area contributed by atoms with Crippen molar-refractivity contribution in [2.45, 2.75) is 9.79 Å². The van der Waals surface area contributed by atoms with Crippen LogP contribution in [0.3, 0.4) is 0 Å². The van der Waals surface area contributed by atoms with E-state index < -0.39 is 4.92 Å². The molecule has 0 saturated carbocycles. The third-order valence-corrected chi connectivity index (χ3v) is 3.56. The molecule has 0 bridgehead atoms. The first-order valence-electron chi connectivity index (χ1n) is 5.40. The van der Waals surface area contributed by atoms with Crippen LogP contribution >= 0.6 is 11.8 Å². The number of hydrogen-bond acceptors (Lipinski definition) is 5. The van der Waals surface area contributed by atoms with E-state index in [1.807, 2.05) is 0 Å². The number of nitro groups is 1. The van der Waals surface area contributed by atoms with E-state index in [1.165, 1.54) is 25.3 Å². The van der Waals surface area contributed by atoms with Crippen LogP contribution in [0.4, 0.5) is 5.69 Å². The zero-order valence-corrected chi connectivity index (χ0v) is 10.9. The smallest absolute Gasteiger partial charge is 0.283 e. The minimum atomic E-state index is -0.457. The molecular formula is C13H11NO4S. The van der Waals surface area contributed by atoms with Crippen molar-refractivity contribution < 1.29 is 14.8 Å². The zero-order chi connectivity index (χ0) is 13.8. The van der Waals surface area contributed by atoms with Gasteiger partial charge in [0, 0.05) is 12.1 Å². The van der Waals surface area contributed by atoms with Gasteiger partial charge < -0.3 is 9.84 Å². The molecule has 0 atom stereocenters. The van der Waals surface area contributed by atoms with E-state index in [0.29, 0.717) is 15.5 Å². The Morgan fingerprint density at radius 1 is 1.21 bits per heavy atom. The van der Waals surface area contributed by atoms with E-state index >= 15 is 0 Å². The van der Waals surface area contributed by atoms with Gasteiger partial charge in [0.05, 0.1) is 21.8 Å². The van der Waals surface area contributed by atoms with Crippen molar-refractivity contribution in [2.24, 2.45) is 0 Å². The van der Waals surface area contributed by atoms with Crippen LogP contribution in [0.2, 0.25) is 0 Å². The number of phenolic OH excluding ortho intramolecular Hbond substituents is 1. The van der Waals surface area contributed by atoms with Crippen LogP contribution in [0, 0.1) is 10.1 Å². The van der Waals surface area contributed by atoms with Crippen LogP contribution in [-0.4, -0.2) is 17.1 Å². The molecule has 0 amide bonds. The second-order valence-corrected chi connectivity index (χ2v) is 4.74. The van der Waals surface area contributed by atoms with Crippen LogP contribution in [0.1, 0.15) is 0 Å². The van der Waals surface area contributed by atoms with Crippen molar-refractivity contribution in [3.05, 3.63) is 52.6 Å². The molecule has 0 unspecified atom stereocenters. The van der Waals surface area contributed by atoms with Crippen LogP contribution < -0.4 is 4.74 Å². The van der Waals surface area contributed by atoms with E-state index in [9.17, 15) is 15.2 Å². The van der Waals surface area contributed by atoms with Gasteiger partial charge in [0.25, 0.3) is 5.69 Å². The molecule has 19 heavy (non-hydrogen) atoms. The average molecular weight is 277 g/mol. The first-order valence-corrected chi connectivity index (χ1v) is 6.21. The molecule has 5 nitrogen and oxygen atoms in total. The molecule has 0 aliphatic carbocycles. The molecule has 0 fully saturated rings. The van der Waals surface area contributed by atoms with Gasteiger partial charge in [-0.05, 0) is 18.2 Å². The molecule has 0 aliphatic rings. The minimum Gasteiger partial charge on any atom is -0.507 e. The number of ether oxygens (including phenoxy) is 1. The van der Waals surface area contributed by atoms with Gasteiger partial charge >= 0.3 is 0 Å². The van der Waals surface area contributed by atoms with Crippen LogP contribution in [0.5, 0.6) is 11.5 Å². The van der Waals surface area contributed by atoms with Crippen molar-refractivity contribution in [1.82, 2.24) is 0 Å². The highest BCUT2D eigenvalue weighted by atomic mass is 32.2. The Labute approximate surface area is 114 Å². The maximum absolute atomic E-state index is 11.0. The number of para-hydroxylation sites is 1. The molecule has 2 aromatic carbocycles. The highest BCUT2D eigenvalue weighted by Gasteiger charge is 2.16. The summed E-state index contributed by atoms with van der Waals surface area (Å²) >= 11 is 1.13. The normalized spacial score (nSPS) is 10.2. The van der Waals surface area contributed by atoms with Gasteiger partial charge in [-0.3, -0.25) is 10.1 Å². The lowest BCUT2D eigenvalue weighted by Gasteiger charge is -2.06. The summed E-state index contributed by atoms with van der Waals surface area (Å²) in [6, 6.07) is 11.2. The molecule has 0 saturated heterocycles. The molecule has 0 aromatic heterocycles. The first kappa shape index (κ1) is 13.2. The summed E-state index contributed by atoms with van der Waals surface area (Å²) in [7, 11) is 1.50. The van der Waals surface area contributed by atoms with E-state index in [1.54, 1.807) is 24.3 Å². The number of nitrogens with zero attached hydrogens (tertiary/aromatic N) is 1. The Morgan fingerprint density at radius 3 is 2.58 bits per heavy atom. The number of hydrogen-bond donors (Lipinski definition) is 1. The summed E-state index contributed by atoms with van der Waals surface area (Å²) in [5.74, 6) is 0.619. The van der Waals surface area contributed by atoms with Gasteiger partial charge in [-0.25, -0.2) is 0 Å². The fourth-order valence-corrected chi connectivity index (χ4v) is 2.49. The molecule has 0 heterocycles. The number of benzene rings is 2. The van der Waals surface area contributed by atoms with Gasteiger partial charge in [0.2, 0.25) is 0 Å². The predicted octanol–water partition coefficient (Wildman–Crippen LogP) is 3.46. The molecule has 0 aliphatic heterocycles. The van der Waals surface area contributed by atoms with E-state index in [2.05, 4.69) is 0 Å². The Balaban J connectivity index is 2.43. The highest BCUT2D eigenvalue weighted by Crippen LogP contribution is 2.40. The summed E-state index contributed by atoms with van der Waals surface area (Å²) in [6.07, 6.45) is 0. The van der Waals surface area contributed by atoms with Crippen molar-refractivity contribution >= 4 is 17.4 Å². The molecular weight excluding hydrogens is 266 g/mol. The Hall–Kier alpha value is -2.21. The molecule has 2 aromatic rings. The van der Waals surface area contributed by atoms with Crippen molar-refractivity contribution in [2.75, 3.05) is 7.11 Å². The second-order valence-electron chi connectivity index (χ2n) is 3.66. The van der Waals surface area contributed by atoms with Gasteiger partial charge in [0.1, 0.15) is 11.5 Å². The lowest BCUT2D eigenvalue weighted by Crippen LogP contribution is -1.92. The summed E-state index contributed by atoms with van der Waals surface area (Å²) in [5.41, 5.74) is -0.0194. The Kier molecular flexibility index (Phi) is 3.91. The average Bonchev–Trinajstić information content (AvgIpc) is 2.41. The molecule has 2 rings (SSSR count). The summed E-state index contributed by atoms with van der Waals surface area (Å²) < 4.78 is 5.06. The summed E-state index contributed by atoms with van der Waals surface area (Å²) in [4.78, 5) is 11.5. The lowest BCUT2D eigenvalue weighted by atomic mass is 10.3. The topological polar surface area (TPSA) is 72.6 Å². The van der Waals surface area contributed by atoms with Crippen LogP contribution in [-0.2, 0) is 0 Å². The summed E-state index contributed by atoms with van der Waals surface area (Å²) in [5, 5.41) is 20.7. The lowest BCUT2D eigenvalue weighted by molar-refractivity contribution is -0.387. The monoisotopic (exact) mass is 277 g/mol. The number of phenols is 1. The maximum Gasteiger partial charge on any atom is 0.283 e. The fourth-order valence-electron chi connectivity index (χ4n) is 1.52. The van der Waals surface area contributed by atoms with E-state index in [-0.39, 0.29) is 11.4 Å². The maximum atomic E-state index is 11.0. The molecule has 0 radical (unpaired) electrons. The number of methoxy groups -OCH3 is 1. The predicted molar refractivity (Wildman–Crippen MR) is 71.9 cm³/mol. The van der Waals surface area contributed by atoms with E-state index in [0.717, 1.165) is 11.8 Å². The largest absolute Gasteiger partial charge is 0.507 e. The van der Waals surface area contributed by atoms with Crippen LogP contribution in [0.25, 0.3) is 0 Å². The standard InChI is InChI=1S/C13H11NO4S/c1-18-9-6-7-10(14(16)17)13(8-9)19-12-5-3-2-4-11(12)15/h2-8,15H,1H3. The Bertz CT molecular complexity index is 615. The second kappa shape index (κ2) is 5.62. The summed E-state index contributed by atoms with van der Waals surface area (Å²) in [6.45, 7) is 0. The molecule has 1 N–H and O–H groups in total. The SMILES string of the molecule is COc1ccc([N+](=O)[O-])c(Sc2ccccc2O)c1. The molecule has 98 valence electrons. The Morgan fingerprint density at radius 2 is 1.95 bits per heavy atom. The minimum absolute atomic E-state index is 0.0194. The third-order valence-electron chi connectivity index (χ3n) is 2.45. The van der Waals surface area contributed by atoms with Gasteiger partial charge in [-0.1, -0.05) is 23.9 Å². The highest BCUT2D eigenvalue weighted by molar-refractivity contribution is 7.99. The number of nitro benzene ring substituents is 1. The van der Waals surface area contributed by atoms with Crippen molar-refractivity contribution in [3.63, 3.8) is 0 Å². The first-order chi connectivity index (χ1) is 9.11. The van der Waals surface area contributed by atoms with Crippen LogP contribution in [0.15, 0.2) is 52.3 Å². The van der Waals surface area contributed by atoms with Crippen molar-refractivity contribution in [1.29, 1.82) is 0 Å². The van der Waals surface area contributed by atoms with E-state index in [4.69, 9.17) is 4.74 Å². The quantitative estimate of drug-likeness (QED) is 0.684. The number of aromatic hydroxyl groups is 1. The third kappa shape index (κ3) is 2.97. The molecule has 0 spiro atoms. The number of rotatable bonds is 4. The fraction of sp³-hybridized carbons (Fsp3) is 0.0769. The zero-order valence-electron chi connectivity index (χ0n) is 10.1. The molecule has 6 heteroatoms. The van der Waals surface area contributed by atoms with Gasteiger partial charge in [0.15, 0.2) is 0 Å². The van der Waals surface area contributed by atoms with Gasteiger partial charge in [-0.15, -0.1) is 0 Å². The van der Waals surface area contributed by atoms with Gasteiger partial charge in [-0.2, -0.15) is 0 Å².